The molecule has 1 unspecified atom stereocenters. The van der Waals surface area contributed by atoms with Gasteiger partial charge in [-0.3, -0.25) is 4.98 Å². The first kappa shape index (κ1) is 16.6. The fourth-order valence-corrected chi connectivity index (χ4v) is 3.12. The van der Waals surface area contributed by atoms with Crippen LogP contribution >= 0.6 is 0 Å². The summed E-state index contributed by atoms with van der Waals surface area (Å²) in [7, 11) is 0. The molecule has 26 heavy (non-hydrogen) atoms. The fraction of sp³-hybridized carbons (Fsp3) is 0.250. The highest BCUT2D eigenvalue weighted by Gasteiger charge is 2.15. The van der Waals surface area contributed by atoms with Gasteiger partial charge in [-0.1, -0.05) is 12.1 Å². The van der Waals surface area contributed by atoms with Gasteiger partial charge in [-0.05, 0) is 43.7 Å². The van der Waals surface area contributed by atoms with Crippen LogP contribution in [0.3, 0.4) is 0 Å². The van der Waals surface area contributed by atoms with Crippen LogP contribution in [0, 0.1) is 5.82 Å². The van der Waals surface area contributed by atoms with Crippen LogP contribution in [-0.4, -0.2) is 34.1 Å². The van der Waals surface area contributed by atoms with Gasteiger partial charge in [-0.25, -0.2) is 14.4 Å². The molecule has 2 aromatic heterocycles. The maximum atomic E-state index is 13.7. The van der Waals surface area contributed by atoms with E-state index in [1.54, 1.807) is 18.5 Å². The SMILES string of the molecule is Fc1cccc(-c2nc(NC3CCCNC3)cc(-c3cccnc3)n2)c1. The summed E-state index contributed by atoms with van der Waals surface area (Å²) in [6.07, 6.45) is 5.72. The highest BCUT2D eigenvalue weighted by Crippen LogP contribution is 2.25. The number of aromatic nitrogens is 3. The lowest BCUT2D eigenvalue weighted by Gasteiger charge is -2.24. The number of benzene rings is 1. The molecule has 0 radical (unpaired) electrons. The molecule has 6 heteroatoms. The van der Waals surface area contributed by atoms with Crippen LogP contribution in [0.15, 0.2) is 54.9 Å². The molecular formula is C20H20FN5. The maximum Gasteiger partial charge on any atom is 0.162 e. The largest absolute Gasteiger partial charge is 0.366 e. The third-order valence-electron chi connectivity index (χ3n) is 4.42. The van der Waals surface area contributed by atoms with E-state index in [-0.39, 0.29) is 5.82 Å². The minimum Gasteiger partial charge on any atom is -0.366 e. The predicted molar refractivity (Wildman–Crippen MR) is 100 cm³/mol. The van der Waals surface area contributed by atoms with Crippen molar-refractivity contribution in [3.63, 3.8) is 0 Å². The Bertz CT molecular complexity index is 878. The summed E-state index contributed by atoms with van der Waals surface area (Å²) >= 11 is 0. The molecule has 0 aliphatic carbocycles. The highest BCUT2D eigenvalue weighted by molar-refractivity contribution is 5.67. The molecule has 132 valence electrons. The monoisotopic (exact) mass is 349 g/mol. The summed E-state index contributed by atoms with van der Waals surface area (Å²) in [4.78, 5) is 13.4. The number of hydrogen-bond donors (Lipinski definition) is 2. The Morgan fingerprint density at radius 3 is 2.77 bits per heavy atom. The number of rotatable bonds is 4. The van der Waals surface area contributed by atoms with E-state index in [0.717, 1.165) is 43.0 Å². The quantitative estimate of drug-likeness (QED) is 0.755. The Morgan fingerprint density at radius 1 is 1.08 bits per heavy atom. The summed E-state index contributed by atoms with van der Waals surface area (Å²) < 4.78 is 13.7. The van der Waals surface area contributed by atoms with E-state index in [1.165, 1.54) is 12.1 Å². The summed E-state index contributed by atoms with van der Waals surface area (Å²) in [5.74, 6) is 0.938. The molecule has 4 rings (SSSR count). The number of nitrogens with one attached hydrogen (secondary N) is 2. The van der Waals surface area contributed by atoms with Gasteiger partial charge in [0.25, 0.3) is 0 Å². The topological polar surface area (TPSA) is 62.7 Å². The van der Waals surface area contributed by atoms with Gasteiger partial charge in [0, 0.05) is 42.2 Å². The number of halogens is 1. The Morgan fingerprint density at radius 2 is 2.00 bits per heavy atom. The van der Waals surface area contributed by atoms with Crippen molar-refractivity contribution in [3.8, 4) is 22.6 Å². The van der Waals surface area contributed by atoms with Gasteiger partial charge in [-0.2, -0.15) is 0 Å². The molecule has 0 bridgehead atoms. The molecule has 1 aliphatic rings. The summed E-state index contributed by atoms with van der Waals surface area (Å²) in [6.45, 7) is 1.96. The first-order valence-electron chi connectivity index (χ1n) is 8.80. The lowest BCUT2D eigenvalue weighted by Crippen LogP contribution is -2.38. The van der Waals surface area contributed by atoms with E-state index in [0.29, 0.717) is 17.4 Å². The van der Waals surface area contributed by atoms with Crippen LogP contribution in [-0.2, 0) is 0 Å². The van der Waals surface area contributed by atoms with Crippen LogP contribution in [0.4, 0.5) is 10.2 Å². The molecule has 1 fully saturated rings. The van der Waals surface area contributed by atoms with Crippen molar-refractivity contribution in [3.05, 3.63) is 60.7 Å². The average Bonchev–Trinajstić information content (AvgIpc) is 2.69. The predicted octanol–water partition coefficient (Wildman–Crippen LogP) is 3.51. The lowest BCUT2D eigenvalue weighted by atomic mass is 10.1. The number of piperidine rings is 1. The van der Waals surface area contributed by atoms with Crippen LogP contribution in [0.1, 0.15) is 12.8 Å². The zero-order chi connectivity index (χ0) is 17.8. The van der Waals surface area contributed by atoms with E-state index >= 15 is 0 Å². The molecule has 3 heterocycles. The van der Waals surface area contributed by atoms with Gasteiger partial charge < -0.3 is 10.6 Å². The van der Waals surface area contributed by atoms with E-state index in [9.17, 15) is 4.39 Å². The van der Waals surface area contributed by atoms with Crippen LogP contribution < -0.4 is 10.6 Å². The van der Waals surface area contributed by atoms with E-state index < -0.39 is 0 Å². The number of anilines is 1. The minimum atomic E-state index is -0.302. The lowest BCUT2D eigenvalue weighted by molar-refractivity contribution is 0.479. The van der Waals surface area contributed by atoms with Crippen molar-refractivity contribution in [2.45, 2.75) is 18.9 Å². The van der Waals surface area contributed by atoms with Crippen LogP contribution in [0.2, 0.25) is 0 Å². The van der Waals surface area contributed by atoms with Crippen molar-refractivity contribution in [2.75, 3.05) is 18.4 Å². The van der Waals surface area contributed by atoms with Gasteiger partial charge in [0.1, 0.15) is 11.6 Å². The zero-order valence-corrected chi connectivity index (χ0v) is 14.3. The van der Waals surface area contributed by atoms with Crippen molar-refractivity contribution in [1.82, 2.24) is 20.3 Å². The van der Waals surface area contributed by atoms with Gasteiger partial charge in [-0.15, -0.1) is 0 Å². The molecule has 1 aromatic carbocycles. The molecule has 0 spiro atoms. The first-order valence-corrected chi connectivity index (χ1v) is 8.80. The molecular weight excluding hydrogens is 329 g/mol. The second-order valence-electron chi connectivity index (χ2n) is 6.40. The Hall–Kier alpha value is -2.86. The van der Waals surface area contributed by atoms with Crippen LogP contribution in [0.5, 0.6) is 0 Å². The van der Waals surface area contributed by atoms with Crippen LogP contribution in [0.25, 0.3) is 22.6 Å². The number of hydrogen-bond acceptors (Lipinski definition) is 5. The second-order valence-corrected chi connectivity index (χ2v) is 6.40. The van der Waals surface area contributed by atoms with E-state index in [4.69, 9.17) is 0 Å². The first-order chi connectivity index (χ1) is 12.8. The third-order valence-corrected chi connectivity index (χ3v) is 4.42. The molecule has 5 nitrogen and oxygen atoms in total. The molecule has 1 aliphatic heterocycles. The smallest absolute Gasteiger partial charge is 0.162 e. The average molecular weight is 349 g/mol. The fourth-order valence-electron chi connectivity index (χ4n) is 3.12. The normalized spacial score (nSPS) is 17.0. The zero-order valence-electron chi connectivity index (χ0n) is 14.3. The van der Waals surface area contributed by atoms with Gasteiger partial charge >= 0.3 is 0 Å². The maximum absolute atomic E-state index is 13.7. The Balaban J connectivity index is 1.74. The summed E-state index contributed by atoms with van der Waals surface area (Å²) in [6, 6.07) is 12.4. The van der Waals surface area contributed by atoms with E-state index in [2.05, 4.69) is 25.6 Å². The molecule has 1 saturated heterocycles. The number of nitrogens with zero attached hydrogens (tertiary/aromatic N) is 3. The van der Waals surface area contributed by atoms with Gasteiger partial charge in [0.05, 0.1) is 5.69 Å². The van der Waals surface area contributed by atoms with Gasteiger partial charge in [0.2, 0.25) is 0 Å². The Kier molecular flexibility index (Phi) is 4.84. The second kappa shape index (κ2) is 7.58. The van der Waals surface area contributed by atoms with Crippen molar-refractivity contribution < 1.29 is 4.39 Å². The van der Waals surface area contributed by atoms with Crippen molar-refractivity contribution >= 4 is 5.82 Å². The number of pyridine rings is 1. The molecule has 1 atom stereocenters. The highest BCUT2D eigenvalue weighted by atomic mass is 19.1. The van der Waals surface area contributed by atoms with Crippen molar-refractivity contribution in [1.29, 1.82) is 0 Å². The summed E-state index contributed by atoms with van der Waals surface area (Å²) in [5.41, 5.74) is 2.32. The standard InChI is InChI=1S/C20H20FN5/c21-16-6-1-4-14(10-16)20-25-18(15-5-2-8-22-12-15)11-19(26-20)24-17-7-3-9-23-13-17/h1-2,4-6,8,10-12,17,23H,3,7,9,13H2,(H,24,25,26). The van der Waals surface area contributed by atoms with Gasteiger partial charge in [0.15, 0.2) is 5.82 Å². The third kappa shape index (κ3) is 3.86. The molecule has 0 amide bonds. The molecule has 3 aromatic rings. The minimum absolute atomic E-state index is 0.302. The molecule has 0 saturated carbocycles. The van der Waals surface area contributed by atoms with E-state index in [1.807, 2.05) is 24.3 Å². The summed E-state index contributed by atoms with van der Waals surface area (Å²) in [5, 5.41) is 6.88. The molecule has 2 N–H and O–H groups in total. The Labute approximate surface area is 151 Å². The van der Waals surface area contributed by atoms with Crippen molar-refractivity contribution in [2.24, 2.45) is 0 Å².